The average Bonchev–Trinajstić information content (AvgIpc) is 3.41. The molecule has 0 spiro atoms. The molecule has 0 saturated carbocycles. The average molecular weight is 542 g/mol. The molecule has 1 atom stereocenters. The number of benzene rings is 1. The van der Waals surface area contributed by atoms with E-state index in [0.29, 0.717) is 12.6 Å². The summed E-state index contributed by atoms with van der Waals surface area (Å²) in [6, 6.07) is 13.6. The molecule has 0 radical (unpaired) electrons. The predicted octanol–water partition coefficient (Wildman–Crippen LogP) is 4.32. The number of rotatable bonds is 9. The second-order valence-electron chi connectivity index (χ2n) is 7.87. The number of hydrogen-bond donors (Lipinski definition) is 2. The summed E-state index contributed by atoms with van der Waals surface area (Å²) >= 11 is 1.80. The summed E-state index contributed by atoms with van der Waals surface area (Å²) in [5.41, 5.74) is 2.64. The van der Waals surface area contributed by atoms with Crippen LogP contribution in [0.3, 0.4) is 0 Å². The van der Waals surface area contributed by atoms with Gasteiger partial charge in [0.05, 0.1) is 12.6 Å². The smallest absolute Gasteiger partial charge is 0.191 e. The van der Waals surface area contributed by atoms with Gasteiger partial charge in [0.1, 0.15) is 0 Å². The van der Waals surface area contributed by atoms with E-state index in [1.54, 1.807) is 11.3 Å². The van der Waals surface area contributed by atoms with Gasteiger partial charge in [-0.1, -0.05) is 30.3 Å². The Kier molecular flexibility index (Phi) is 11.1. The molecule has 1 saturated heterocycles. The summed E-state index contributed by atoms with van der Waals surface area (Å²) in [5, 5.41) is 9.02. The molecular weight excluding hydrogens is 505 g/mol. The molecule has 3 rings (SSSR count). The van der Waals surface area contributed by atoms with E-state index in [0.717, 1.165) is 25.6 Å². The maximum Gasteiger partial charge on any atom is 0.191 e. The van der Waals surface area contributed by atoms with Gasteiger partial charge in [-0.05, 0) is 69.5 Å². The Bertz CT molecular complexity index is 739. The fourth-order valence-electron chi connectivity index (χ4n) is 3.67. The van der Waals surface area contributed by atoms with Gasteiger partial charge in [0.25, 0.3) is 0 Å². The molecule has 5 nitrogen and oxygen atoms in total. The van der Waals surface area contributed by atoms with Crippen LogP contribution in [0, 0.1) is 0 Å². The number of thiophene rings is 1. The first-order valence-corrected chi connectivity index (χ1v) is 11.6. The van der Waals surface area contributed by atoms with Crippen LogP contribution < -0.4 is 10.6 Å². The Morgan fingerprint density at radius 1 is 1.10 bits per heavy atom. The maximum absolute atomic E-state index is 4.80. The van der Waals surface area contributed by atoms with Gasteiger partial charge in [-0.15, -0.1) is 35.3 Å². The monoisotopic (exact) mass is 541 g/mol. The molecule has 1 aliphatic heterocycles. The molecule has 1 aromatic carbocycles. The van der Waals surface area contributed by atoms with Crippen LogP contribution in [0.5, 0.6) is 0 Å². The minimum absolute atomic E-state index is 0. The van der Waals surface area contributed by atoms with Crippen molar-refractivity contribution in [2.45, 2.75) is 38.9 Å². The fraction of sp³-hybridized carbons (Fsp3) is 0.522. The normalized spacial score (nSPS) is 15.8. The van der Waals surface area contributed by atoms with Crippen LogP contribution in [0.1, 0.15) is 41.8 Å². The molecule has 7 heteroatoms. The molecule has 2 N–H and O–H groups in total. The van der Waals surface area contributed by atoms with Gasteiger partial charge in [-0.25, -0.2) is 4.99 Å². The molecule has 166 valence electrons. The first kappa shape index (κ1) is 25.1. The van der Waals surface area contributed by atoms with E-state index in [2.05, 4.69) is 83.2 Å². The third-order valence-corrected chi connectivity index (χ3v) is 6.32. The van der Waals surface area contributed by atoms with Crippen molar-refractivity contribution < 1.29 is 0 Å². The van der Waals surface area contributed by atoms with Gasteiger partial charge in [0.2, 0.25) is 0 Å². The van der Waals surface area contributed by atoms with E-state index >= 15 is 0 Å². The summed E-state index contributed by atoms with van der Waals surface area (Å²) < 4.78 is 0. The Hall–Kier alpha value is -1.16. The maximum atomic E-state index is 4.80. The van der Waals surface area contributed by atoms with Crippen molar-refractivity contribution in [2.24, 2.45) is 4.99 Å². The van der Waals surface area contributed by atoms with Crippen LogP contribution in [0.2, 0.25) is 0 Å². The lowest BCUT2D eigenvalue weighted by Crippen LogP contribution is -2.41. The van der Waals surface area contributed by atoms with Crippen molar-refractivity contribution in [1.82, 2.24) is 20.4 Å². The predicted molar refractivity (Wildman–Crippen MR) is 140 cm³/mol. The zero-order valence-corrected chi connectivity index (χ0v) is 21.6. The first-order valence-electron chi connectivity index (χ1n) is 10.7. The summed E-state index contributed by atoms with van der Waals surface area (Å²) in [7, 11) is 4.25. The number of aliphatic imine (C=N–C) groups is 1. The lowest BCUT2D eigenvalue weighted by Gasteiger charge is -2.24. The van der Waals surface area contributed by atoms with E-state index in [1.807, 2.05) is 0 Å². The Labute approximate surface area is 203 Å². The largest absolute Gasteiger partial charge is 0.357 e. The van der Waals surface area contributed by atoms with Crippen molar-refractivity contribution >= 4 is 41.3 Å². The standard InChI is InChI=1S/C23H35N5S.HI/c1-4-24-23(26-17-21(27(2)3)22-8-7-15-29-22)25-16-19-9-11-20(12-10-19)18-28-13-5-6-14-28;/h7-12,15,21H,4-6,13-14,16-18H2,1-3H3,(H2,24,25,26);1H. The van der Waals surface area contributed by atoms with E-state index in [-0.39, 0.29) is 24.0 Å². The molecule has 0 bridgehead atoms. The van der Waals surface area contributed by atoms with Crippen molar-refractivity contribution in [3.05, 3.63) is 57.8 Å². The number of likely N-dealkylation sites (N-methyl/N-ethyl adjacent to an activating group) is 1. The molecule has 1 unspecified atom stereocenters. The minimum Gasteiger partial charge on any atom is -0.357 e. The fourth-order valence-corrected chi connectivity index (χ4v) is 4.60. The second kappa shape index (κ2) is 13.3. The molecule has 1 aromatic heterocycles. The highest BCUT2D eigenvalue weighted by Crippen LogP contribution is 2.22. The van der Waals surface area contributed by atoms with E-state index in [4.69, 9.17) is 4.99 Å². The van der Waals surface area contributed by atoms with Crippen LogP contribution >= 0.6 is 35.3 Å². The first-order chi connectivity index (χ1) is 14.2. The highest BCUT2D eigenvalue weighted by Gasteiger charge is 2.15. The highest BCUT2D eigenvalue weighted by molar-refractivity contribution is 14.0. The molecule has 2 aromatic rings. The molecule has 1 aliphatic rings. The van der Waals surface area contributed by atoms with Gasteiger partial charge in [-0.3, -0.25) is 4.90 Å². The number of hydrogen-bond acceptors (Lipinski definition) is 4. The van der Waals surface area contributed by atoms with Gasteiger partial charge >= 0.3 is 0 Å². The van der Waals surface area contributed by atoms with Gasteiger partial charge in [0.15, 0.2) is 5.96 Å². The molecule has 1 fully saturated rings. The molecule has 0 aliphatic carbocycles. The third-order valence-electron chi connectivity index (χ3n) is 5.35. The van der Waals surface area contributed by atoms with Crippen molar-refractivity contribution in [2.75, 3.05) is 40.3 Å². The topological polar surface area (TPSA) is 42.9 Å². The van der Waals surface area contributed by atoms with E-state index < -0.39 is 0 Å². The summed E-state index contributed by atoms with van der Waals surface area (Å²) in [6.07, 6.45) is 2.68. The SMILES string of the molecule is CCNC(=NCc1ccc(CN2CCCC2)cc1)NCC(c1cccs1)N(C)C.I. The number of nitrogens with zero attached hydrogens (tertiary/aromatic N) is 3. The van der Waals surface area contributed by atoms with Gasteiger partial charge < -0.3 is 15.5 Å². The molecule has 2 heterocycles. The molecule has 0 amide bonds. The molecular formula is C23H36IN5S. The second-order valence-corrected chi connectivity index (χ2v) is 8.85. The third kappa shape index (κ3) is 7.83. The minimum atomic E-state index is 0. The number of halogens is 1. The number of guanidine groups is 1. The number of nitrogens with one attached hydrogen (secondary N) is 2. The zero-order valence-electron chi connectivity index (χ0n) is 18.4. The van der Waals surface area contributed by atoms with Gasteiger partial charge in [0, 0.05) is 24.5 Å². The lowest BCUT2D eigenvalue weighted by atomic mass is 10.1. The van der Waals surface area contributed by atoms with Crippen molar-refractivity contribution in [3.63, 3.8) is 0 Å². The van der Waals surface area contributed by atoms with E-state index in [1.165, 1.54) is 41.9 Å². The van der Waals surface area contributed by atoms with Crippen LogP contribution in [0.4, 0.5) is 0 Å². The van der Waals surface area contributed by atoms with Crippen LogP contribution in [-0.2, 0) is 13.1 Å². The molecule has 30 heavy (non-hydrogen) atoms. The van der Waals surface area contributed by atoms with Crippen molar-refractivity contribution in [1.29, 1.82) is 0 Å². The number of likely N-dealkylation sites (tertiary alicyclic amines) is 1. The van der Waals surface area contributed by atoms with Crippen LogP contribution in [0.25, 0.3) is 0 Å². The summed E-state index contributed by atoms with van der Waals surface area (Å²) in [6.45, 7) is 8.02. The van der Waals surface area contributed by atoms with E-state index in [9.17, 15) is 0 Å². The Morgan fingerprint density at radius 3 is 2.40 bits per heavy atom. The highest BCUT2D eigenvalue weighted by atomic mass is 127. The van der Waals surface area contributed by atoms with Gasteiger partial charge in [-0.2, -0.15) is 0 Å². The summed E-state index contributed by atoms with van der Waals surface area (Å²) in [4.78, 5) is 11.0. The Balaban J connectivity index is 0.00000320. The van der Waals surface area contributed by atoms with Crippen LogP contribution in [-0.4, -0.2) is 56.0 Å². The summed E-state index contributed by atoms with van der Waals surface area (Å²) in [5.74, 6) is 0.872. The Morgan fingerprint density at radius 2 is 1.80 bits per heavy atom. The lowest BCUT2D eigenvalue weighted by molar-refractivity contribution is 0.302. The zero-order chi connectivity index (χ0) is 20.5. The van der Waals surface area contributed by atoms with Crippen LogP contribution in [0.15, 0.2) is 46.8 Å². The van der Waals surface area contributed by atoms with Crippen molar-refractivity contribution in [3.8, 4) is 0 Å². The quantitative estimate of drug-likeness (QED) is 0.282.